The molecule has 0 amide bonds. The van der Waals surface area contributed by atoms with E-state index < -0.39 is 11.6 Å². The molecular formula is C18H16F2N4. The summed E-state index contributed by atoms with van der Waals surface area (Å²) in [5, 5.41) is 5.82. The van der Waals surface area contributed by atoms with E-state index in [0.717, 1.165) is 6.42 Å². The maximum Gasteiger partial charge on any atom is 0.149 e. The third-order valence-electron chi connectivity index (χ3n) is 3.45. The van der Waals surface area contributed by atoms with Gasteiger partial charge in [0.15, 0.2) is 0 Å². The van der Waals surface area contributed by atoms with Gasteiger partial charge < -0.3 is 10.6 Å². The topological polar surface area (TPSA) is 49.8 Å². The summed E-state index contributed by atoms with van der Waals surface area (Å²) in [5.74, 6) is -0.448. The third-order valence-corrected chi connectivity index (χ3v) is 3.45. The number of para-hydroxylation sites is 1. The van der Waals surface area contributed by atoms with Gasteiger partial charge in [-0.3, -0.25) is 0 Å². The van der Waals surface area contributed by atoms with Crippen LogP contribution in [0.1, 0.15) is 5.56 Å². The summed E-state index contributed by atoms with van der Waals surface area (Å²) in [6.07, 6.45) is 2.18. The highest BCUT2D eigenvalue weighted by Gasteiger charge is 2.09. The maximum atomic E-state index is 13.7. The molecule has 3 aromatic rings. The van der Waals surface area contributed by atoms with Gasteiger partial charge in [-0.15, -0.1) is 0 Å². The van der Waals surface area contributed by atoms with Crippen LogP contribution in [0, 0.1) is 11.6 Å². The van der Waals surface area contributed by atoms with Gasteiger partial charge in [0.1, 0.15) is 35.3 Å². The Morgan fingerprint density at radius 2 is 1.54 bits per heavy atom. The second kappa shape index (κ2) is 7.50. The van der Waals surface area contributed by atoms with E-state index in [2.05, 4.69) is 32.7 Å². The second-order valence-corrected chi connectivity index (χ2v) is 5.17. The van der Waals surface area contributed by atoms with Crippen molar-refractivity contribution in [2.24, 2.45) is 0 Å². The molecule has 3 rings (SSSR count). The molecule has 0 bridgehead atoms. The molecule has 122 valence electrons. The van der Waals surface area contributed by atoms with E-state index in [1.165, 1.54) is 30.1 Å². The van der Waals surface area contributed by atoms with Crippen molar-refractivity contribution in [3.05, 3.63) is 78.1 Å². The molecule has 1 heterocycles. The Kier molecular flexibility index (Phi) is 4.96. The Morgan fingerprint density at radius 1 is 0.833 bits per heavy atom. The van der Waals surface area contributed by atoms with Crippen molar-refractivity contribution in [2.75, 3.05) is 17.2 Å². The number of nitrogens with one attached hydrogen (secondary N) is 2. The summed E-state index contributed by atoms with van der Waals surface area (Å²) in [4.78, 5) is 8.09. The van der Waals surface area contributed by atoms with Crippen molar-refractivity contribution >= 4 is 17.3 Å². The van der Waals surface area contributed by atoms with Gasteiger partial charge >= 0.3 is 0 Å². The lowest BCUT2D eigenvalue weighted by Crippen LogP contribution is -2.07. The smallest absolute Gasteiger partial charge is 0.149 e. The van der Waals surface area contributed by atoms with Crippen LogP contribution in [-0.4, -0.2) is 16.5 Å². The first-order chi connectivity index (χ1) is 11.7. The summed E-state index contributed by atoms with van der Waals surface area (Å²) < 4.78 is 27.3. The van der Waals surface area contributed by atoms with Gasteiger partial charge in [-0.25, -0.2) is 18.7 Å². The van der Waals surface area contributed by atoms with Crippen LogP contribution in [0.3, 0.4) is 0 Å². The van der Waals surface area contributed by atoms with Gasteiger partial charge in [-0.05, 0) is 24.1 Å². The van der Waals surface area contributed by atoms with Crippen LogP contribution in [0.4, 0.5) is 26.1 Å². The molecule has 0 radical (unpaired) electrons. The van der Waals surface area contributed by atoms with Crippen molar-refractivity contribution in [3.63, 3.8) is 0 Å². The first-order valence-electron chi connectivity index (χ1n) is 7.53. The van der Waals surface area contributed by atoms with E-state index in [1.54, 1.807) is 6.07 Å². The molecule has 24 heavy (non-hydrogen) atoms. The summed E-state index contributed by atoms with van der Waals surface area (Å²) in [5.41, 5.74) is 0.984. The molecule has 0 aliphatic heterocycles. The molecule has 0 unspecified atom stereocenters. The van der Waals surface area contributed by atoms with Crippen molar-refractivity contribution in [1.82, 2.24) is 9.97 Å². The first kappa shape index (κ1) is 15.9. The average Bonchev–Trinajstić information content (AvgIpc) is 2.60. The minimum Gasteiger partial charge on any atom is -0.370 e. The summed E-state index contributed by atoms with van der Waals surface area (Å²) >= 11 is 0. The standard InChI is InChI=1S/C18H16F2N4/c19-14-7-4-8-15(20)18(14)24-17-11-16(22-12-23-17)21-10-9-13-5-2-1-3-6-13/h1-8,11-12H,9-10H2,(H2,21,22,23,24). The molecule has 0 spiro atoms. The zero-order valence-electron chi connectivity index (χ0n) is 12.8. The van der Waals surface area contributed by atoms with Crippen molar-refractivity contribution in [2.45, 2.75) is 6.42 Å². The molecule has 6 heteroatoms. The van der Waals surface area contributed by atoms with Crippen LogP contribution in [0.15, 0.2) is 60.9 Å². The van der Waals surface area contributed by atoms with E-state index in [-0.39, 0.29) is 5.69 Å². The number of benzene rings is 2. The molecule has 1 aromatic heterocycles. The zero-order chi connectivity index (χ0) is 16.8. The Balaban J connectivity index is 1.64. The van der Waals surface area contributed by atoms with E-state index in [0.29, 0.717) is 18.2 Å². The number of nitrogens with zero attached hydrogens (tertiary/aromatic N) is 2. The summed E-state index contributed by atoms with van der Waals surface area (Å²) in [7, 11) is 0. The SMILES string of the molecule is Fc1cccc(F)c1Nc1cc(NCCc2ccccc2)ncn1. The van der Waals surface area contributed by atoms with Crippen LogP contribution >= 0.6 is 0 Å². The van der Waals surface area contributed by atoms with Gasteiger partial charge in [-0.1, -0.05) is 36.4 Å². The lowest BCUT2D eigenvalue weighted by Gasteiger charge is -2.10. The molecular weight excluding hydrogens is 310 g/mol. The van der Waals surface area contributed by atoms with Gasteiger partial charge in [0.05, 0.1) is 0 Å². The number of aromatic nitrogens is 2. The number of halogens is 2. The predicted octanol–water partition coefficient (Wildman–Crippen LogP) is 4.15. The van der Waals surface area contributed by atoms with Gasteiger partial charge in [0.25, 0.3) is 0 Å². The fraction of sp³-hybridized carbons (Fsp3) is 0.111. The Hall–Kier alpha value is -3.02. The highest BCUT2D eigenvalue weighted by atomic mass is 19.1. The molecule has 4 nitrogen and oxygen atoms in total. The quantitative estimate of drug-likeness (QED) is 0.714. The minimum atomic E-state index is -0.674. The largest absolute Gasteiger partial charge is 0.370 e. The van der Waals surface area contributed by atoms with Gasteiger partial charge in [0, 0.05) is 12.6 Å². The monoisotopic (exact) mass is 326 g/mol. The van der Waals surface area contributed by atoms with Crippen molar-refractivity contribution in [3.8, 4) is 0 Å². The fourth-order valence-electron chi connectivity index (χ4n) is 2.25. The molecule has 0 atom stereocenters. The Labute approximate surface area is 138 Å². The number of hydrogen-bond acceptors (Lipinski definition) is 4. The van der Waals surface area contributed by atoms with Gasteiger partial charge in [0.2, 0.25) is 0 Å². The normalized spacial score (nSPS) is 10.4. The molecule has 0 saturated heterocycles. The molecule has 0 aliphatic carbocycles. The molecule has 0 fully saturated rings. The maximum absolute atomic E-state index is 13.7. The second-order valence-electron chi connectivity index (χ2n) is 5.17. The van der Waals surface area contributed by atoms with Crippen LogP contribution in [0.5, 0.6) is 0 Å². The molecule has 2 N–H and O–H groups in total. The summed E-state index contributed by atoms with van der Waals surface area (Å²) in [6, 6.07) is 15.4. The van der Waals surface area contributed by atoms with Crippen molar-refractivity contribution in [1.29, 1.82) is 0 Å². The van der Waals surface area contributed by atoms with Crippen LogP contribution in [0.25, 0.3) is 0 Å². The highest BCUT2D eigenvalue weighted by molar-refractivity contribution is 5.60. The van der Waals surface area contributed by atoms with E-state index >= 15 is 0 Å². The third kappa shape index (κ3) is 4.04. The first-order valence-corrected chi connectivity index (χ1v) is 7.53. The lowest BCUT2D eigenvalue weighted by atomic mass is 10.1. The minimum absolute atomic E-state index is 0.230. The molecule has 0 aliphatic rings. The van der Waals surface area contributed by atoms with E-state index in [4.69, 9.17) is 0 Å². The Bertz CT molecular complexity index is 789. The van der Waals surface area contributed by atoms with Crippen LogP contribution in [0.2, 0.25) is 0 Å². The number of hydrogen-bond donors (Lipinski definition) is 2. The fourth-order valence-corrected chi connectivity index (χ4v) is 2.25. The average molecular weight is 326 g/mol. The predicted molar refractivity (Wildman–Crippen MR) is 90.3 cm³/mol. The van der Waals surface area contributed by atoms with Crippen LogP contribution in [-0.2, 0) is 6.42 Å². The van der Waals surface area contributed by atoms with Crippen molar-refractivity contribution < 1.29 is 8.78 Å². The highest BCUT2D eigenvalue weighted by Crippen LogP contribution is 2.22. The van der Waals surface area contributed by atoms with Gasteiger partial charge in [-0.2, -0.15) is 0 Å². The number of rotatable bonds is 6. The van der Waals surface area contributed by atoms with E-state index in [1.807, 2.05) is 18.2 Å². The lowest BCUT2D eigenvalue weighted by molar-refractivity contribution is 0.590. The molecule has 0 saturated carbocycles. The van der Waals surface area contributed by atoms with Crippen LogP contribution < -0.4 is 10.6 Å². The zero-order valence-corrected chi connectivity index (χ0v) is 12.8. The molecule has 2 aromatic carbocycles. The Morgan fingerprint density at radius 3 is 2.29 bits per heavy atom. The van der Waals surface area contributed by atoms with E-state index in [9.17, 15) is 8.78 Å². The summed E-state index contributed by atoms with van der Waals surface area (Å²) in [6.45, 7) is 0.689. The number of anilines is 3.